The van der Waals surface area contributed by atoms with E-state index in [4.69, 9.17) is 0 Å². The van der Waals surface area contributed by atoms with E-state index >= 15 is 17.6 Å². The molecule has 0 unspecified atom stereocenters. The van der Waals surface area contributed by atoms with Gasteiger partial charge in [0.25, 0.3) is 0 Å². The van der Waals surface area contributed by atoms with Crippen molar-refractivity contribution in [3.05, 3.63) is 0 Å². The van der Waals surface area contributed by atoms with Gasteiger partial charge in [-0.1, -0.05) is 13.3 Å². The minimum absolute atomic E-state index is 0.315. The van der Waals surface area contributed by atoms with Gasteiger partial charge in [-0.2, -0.15) is 167 Å². The number of hydrogen-bond donors (Lipinski definition) is 1. The van der Waals surface area contributed by atoms with Gasteiger partial charge in [-0.3, -0.25) is 0 Å². The Morgan fingerprint density at radius 3 is 0.484 bits per heavy atom. The normalized spacial score (nSPS) is 17.3. The van der Waals surface area contributed by atoms with E-state index in [-0.39, 0.29) is 6.92 Å². The van der Waals surface area contributed by atoms with Crippen molar-refractivity contribution >= 4 is 10.4 Å². The first-order chi connectivity index (χ1) is 26.1. The zero-order chi connectivity index (χ0) is 51.6. The van der Waals surface area contributed by atoms with Crippen molar-refractivity contribution in [2.45, 2.75) is 132 Å². The van der Waals surface area contributed by atoms with Gasteiger partial charge in [-0.05, 0) is 6.42 Å². The maximum absolute atomic E-state index is 15.3. The van der Waals surface area contributed by atoms with Crippen molar-refractivity contribution in [1.29, 1.82) is 0 Å². The van der Waals surface area contributed by atoms with Crippen molar-refractivity contribution in [3.63, 3.8) is 0 Å². The fraction of sp³-hybridized carbons (Fsp3) is 1.00. The van der Waals surface area contributed by atoms with Gasteiger partial charge >= 0.3 is 107 Å². The third-order valence-electron chi connectivity index (χ3n) is 8.36. The molecular formula is C22H11F38NSi. The molecule has 0 heterocycles. The molecule has 0 rings (SSSR count). The molecule has 0 aliphatic carbocycles. The molecule has 62 heavy (non-hydrogen) atoms. The van der Waals surface area contributed by atoms with Gasteiger partial charge < -0.3 is 4.98 Å². The van der Waals surface area contributed by atoms with Crippen LogP contribution in [-0.2, 0) is 0 Å². The van der Waals surface area contributed by atoms with Gasteiger partial charge in [-0.15, -0.1) is 0 Å². The highest BCUT2D eigenvalue weighted by molar-refractivity contribution is 6.05. The number of halogens is 38. The summed E-state index contributed by atoms with van der Waals surface area (Å²) in [6, 6.07) is 0. The first-order valence-corrected chi connectivity index (χ1v) is 15.0. The maximum atomic E-state index is 15.3. The molecular weight excluding hydrogens is 1030 g/mol. The number of rotatable bonds is 19. The van der Waals surface area contributed by atoms with Crippen molar-refractivity contribution in [3.8, 4) is 0 Å². The quantitative estimate of drug-likeness (QED) is 0.100. The Morgan fingerprint density at radius 2 is 0.371 bits per heavy atom. The molecule has 0 fully saturated rings. The lowest BCUT2D eigenvalue weighted by molar-refractivity contribution is -0.481. The van der Waals surface area contributed by atoms with E-state index in [2.05, 4.69) is 0 Å². The molecule has 0 saturated heterocycles. The van der Waals surface area contributed by atoms with Crippen molar-refractivity contribution in [2.24, 2.45) is 0 Å². The van der Waals surface area contributed by atoms with Crippen LogP contribution in [0, 0.1) is 0 Å². The smallest absolute Gasteiger partial charge is 0.330 e. The van der Waals surface area contributed by atoms with E-state index in [1.165, 1.54) is 0 Å². The summed E-state index contributed by atoms with van der Waals surface area (Å²) < 4.78 is 525. The standard InChI is InChI=1S/C22H11F38NSi/c1-2-3-4(61-62,5(23,24)7(27,28)9(31,32)11(35,36)13(39,40)15(43,44)17(47,48)19(51,52)21(55,56)57)6(25,26)8(29,30)10(33,34)12(37,38)14(41,42)16(45,46)18(49,50)20(53,54)22(58,59)60/h61H,2-3H2,1,62H3. The summed E-state index contributed by atoms with van der Waals surface area (Å²) >= 11 is 0. The Balaban J connectivity index is 8.37. The van der Waals surface area contributed by atoms with Gasteiger partial charge in [0.15, 0.2) is 5.54 Å². The maximum Gasteiger partial charge on any atom is 0.460 e. The van der Waals surface area contributed by atoms with E-state index in [0.29, 0.717) is 0 Å². The van der Waals surface area contributed by atoms with Gasteiger partial charge in [-0.25, -0.2) is 0 Å². The predicted molar refractivity (Wildman–Crippen MR) is 122 cm³/mol. The molecule has 1 nitrogen and oxygen atoms in total. The SMILES string of the molecule is CCCC(N[SiH3])(C(F)(F)C(F)(F)C(F)(F)C(F)(F)C(F)(F)C(F)(F)C(F)(F)C(F)(F)C(F)(F)F)C(F)(F)C(F)(F)C(F)(F)C(F)(F)C(F)(F)C(F)(F)C(F)(F)C(F)(F)C(F)(F)F. The first kappa shape index (κ1) is 59.5. The van der Waals surface area contributed by atoms with Crippen LogP contribution in [0.5, 0.6) is 0 Å². The second-order valence-electron chi connectivity index (χ2n) is 12.1. The van der Waals surface area contributed by atoms with Crippen LogP contribution < -0.4 is 4.98 Å². The van der Waals surface area contributed by atoms with E-state index in [9.17, 15) is 149 Å². The summed E-state index contributed by atoms with van der Waals surface area (Å²) in [6.07, 6.45) is -23.1. The minimum Gasteiger partial charge on any atom is -0.330 e. The van der Waals surface area contributed by atoms with E-state index in [1.807, 2.05) is 0 Å². The lowest BCUT2D eigenvalue weighted by atomic mass is 9.71. The Morgan fingerprint density at radius 1 is 0.242 bits per heavy atom. The molecule has 0 atom stereocenters. The zero-order valence-corrected chi connectivity index (χ0v) is 29.8. The highest BCUT2D eigenvalue weighted by Crippen LogP contribution is 2.70. The van der Waals surface area contributed by atoms with Crippen molar-refractivity contribution in [2.75, 3.05) is 0 Å². The van der Waals surface area contributed by atoms with Crippen molar-refractivity contribution < 1.29 is 167 Å². The Hall–Kier alpha value is -2.48. The molecule has 40 heteroatoms. The van der Waals surface area contributed by atoms with Gasteiger partial charge in [0.05, 0.1) is 10.4 Å². The molecule has 0 spiro atoms. The molecule has 0 aliphatic heterocycles. The summed E-state index contributed by atoms with van der Waals surface area (Å²) in [5.41, 5.74) is -7.65. The summed E-state index contributed by atoms with van der Waals surface area (Å²) in [5, 5.41) is 0. The Labute approximate surface area is 315 Å². The van der Waals surface area contributed by atoms with Crippen LogP contribution in [0.15, 0.2) is 0 Å². The Kier molecular flexibility index (Phi) is 14.2. The van der Waals surface area contributed by atoms with Crippen LogP contribution in [0.2, 0.25) is 0 Å². The molecule has 1 N–H and O–H groups in total. The molecule has 0 aliphatic rings. The van der Waals surface area contributed by atoms with E-state index < -0.39 is 141 Å². The average Bonchev–Trinajstić information content (AvgIpc) is 3.04. The third-order valence-corrected chi connectivity index (χ3v) is 9.21. The number of hydrogen-bond acceptors (Lipinski definition) is 1. The van der Waals surface area contributed by atoms with Crippen LogP contribution >= 0.6 is 0 Å². The highest BCUT2D eigenvalue weighted by atomic mass is 28.2. The monoisotopic (exact) mass is 1040 g/mol. The molecule has 0 aromatic heterocycles. The second-order valence-corrected chi connectivity index (χ2v) is 12.6. The first-order valence-electron chi connectivity index (χ1n) is 14.0. The number of alkyl halides is 38. The average molecular weight is 1040 g/mol. The summed E-state index contributed by atoms with van der Waals surface area (Å²) in [5.74, 6) is -154. The zero-order valence-electron chi connectivity index (χ0n) is 27.8. The summed E-state index contributed by atoms with van der Waals surface area (Å²) in [4.78, 5) is -0.521. The lowest BCUT2D eigenvalue weighted by Gasteiger charge is -2.53. The Bertz CT molecular complexity index is 1480. The fourth-order valence-corrected chi connectivity index (χ4v) is 5.46. The van der Waals surface area contributed by atoms with Gasteiger partial charge in [0.1, 0.15) is 0 Å². The number of nitrogens with one attached hydrogen (secondary N) is 1. The molecule has 374 valence electrons. The predicted octanol–water partition coefficient (Wildman–Crippen LogP) is 11.7. The summed E-state index contributed by atoms with van der Waals surface area (Å²) in [6.45, 7) is -0.315. The minimum atomic E-state index is -9.98. The van der Waals surface area contributed by atoms with Crippen molar-refractivity contribution in [1.82, 2.24) is 4.98 Å². The van der Waals surface area contributed by atoms with Crippen LogP contribution in [0.4, 0.5) is 167 Å². The molecule has 0 amide bonds. The molecule has 0 saturated carbocycles. The van der Waals surface area contributed by atoms with Gasteiger partial charge in [0.2, 0.25) is 0 Å². The molecule has 0 aromatic carbocycles. The fourth-order valence-electron chi connectivity index (χ4n) is 4.58. The summed E-state index contributed by atoms with van der Waals surface area (Å²) in [7, 11) is -2.68. The third kappa shape index (κ3) is 6.63. The molecule has 0 bridgehead atoms. The van der Waals surface area contributed by atoms with Crippen LogP contribution in [0.3, 0.4) is 0 Å². The van der Waals surface area contributed by atoms with Crippen LogP contribution in [0.25, 0.3) is 0 Å². The topological polar surface area (TPSA) is 12.0 Å². The molecule has 0 radical (unpaired) electrons. The largest absolute Gasteiger partial charge is 0.460 e. The molecule has 0 aromatic rings. The van der Waals surface area contributed by atoms with Crippen LogP contribution in [-0.4, -0.2) is 123 Å². The van der Waals surface area contributed by atoms with E-state index in [0.717, 1.165) is 0 Å². The highest BCUT2D eigenvalue weighted by Gasteiger charge is 3.01. The lowest BCUT2D eigenvalue weighted by Crippen LogP contribution is -2.84. The van der Waals surface area contributed by atoms with Crippen LogP contribution in [0.1, 0.15) is 19.8 Å². The second kappa shape index (κ2) is 14.8. The van der Waals surface area contributed by atoms with E-state index in [1.54, 1.807) is 0 Å². The van der Waals surface area contributed by atoms with Gasteiger partial charge in [0, 0.05) is 0 Å².